The highest BCUT2D eigenvalue weighted by Gasteiger charge is 2.15. The van der Waals surface area contributed by atoms with Crippen LogP contribution in [0.25, 0.3) is 11.0 Å². The summed E-state index contributed by atoms with van der Waals surface area (Å²) in [4.78, 5) is 16.8. The highest BCUT2D eigenvalue weighted by Crippen LogP contribution is 2.27. The number of benzene rings is 2. The van der Waals surface area contributed by atoms with E-state index < -0.39 is 12.5 Å². The number of hydrogen-bond donors (Lipinski definition) is 1. The summed E-state index contributed by atoms with van der Waals surface area (Å²) >= 11 is 5.92. The van der Waals surface area contributed by atoms with Crippen LogP contribution in [0.5, 0.6) is 5.75 Å². The van der Waals surface area contributed by atoms with Crippen LogP contribution in [0.1, 0.15) is 21.5 Å². The molecule has 0 aliphatic rings. The molecule has 9 heteroatoms. The molecule has 3 aromatic rings. The maximum absolute atomic E-state index is 12.5. The van der Waals surface area contributed by atoms with Gasteiger partial charge in [0.15, 0.2) is 0 Å². The van der Waals surface area contributed by atoms with E-state index in [0.29, 0.717) is 6.61 Å². The fourth-order valence-corrected chi connectivity index (χ4v) is 3.19. The van der Waals surface area contributed by atoms with Crippen molar-refractivity contribution in [3.05, 3.63) is 58.4 Å². The van der Waals surface area contributed by atoms with E-state index in [0.717, 1.165) is 22.2 Å². The van der Waals surface area contributed by atoms with Crippen molar-refractivity contribution in [1.29, 1.82) is 0 Å². The van der Waals surface area contributed by atoms with E-state index in [4.69, 9.17) is 16.3 Å². The molecule has 0 radical (unpaired) electrons. The van der Waals surface area contributed by atoms with E-state index >= 15 is 0 Å². The summed E-state index contributed by atoms with van der Waals surface area (Å²) in [6.07, 6.45) is 1.70. The minimum Gasteiger partial charge on any atom is -0.433 e. The first-order valence-electron chi connectivity index (χ1n) is 8.34. The Morgan fingerprint density at radius 3 is 2.79 bits per heavy atom. The van der Waals surface area contributed by atoms with Gasteiger partial charge in [0.25, 0.3) is 5.91 Å². The molecule has 28 heavy (non-hydrogen) atoms. The van der Waals surface area contributed by atoms with Crippen LogP contribution in [0.4, 0.5) is 8.78 Å². The SMILES string of the molecule is COCc1ccc2ncn(C)c2c1CNC(=O)c1ccc(OC(F)F)c(Cl)c1. The second kappa shape index (κ2) is 8.53. The number of carbonyl (C=O) groups is 1. The van der Waals surface area contributed by atoms with Crippen molar-refractivity contribution in [2.24, 2.45) is 7.05 Å². The number of rotatable bonds is 7. The molecule has 0 aliphatic carbocycles. The molecule has 3 rings (SSSR count). The summed E-state index contributed by atoms with van der Waals surface area (Å²) in [5.41, 5.74) is 3.75. The lowest BCUT2D eigenvalue weighted by molar-refractivity contribution is -0.0497. The van der Waals surface area contributed by atoms with Gasteiger partial charge in [-0.25, -0.2) is 4.98 Å². The molecule has 0 unspecified atom stereocenters. The summed E-state index contributed by atoms with van der Waals surface area (Å²) in [5, 5.41) is 2.76. The maximum Gasteiger partial charge on any atom is 0.387 e. The average molecular weight is 410 g/mol. The standard InChI is InChI=1S/C19H18ClF2N3O3/c1-25-10-24-15-5-3-12(9-27-2)13(17(15)25)8-23-18(26)11-4-6-16(14(20)7-11)28-19(21)22/h3-7,10,19H,8-9H2,1-2H3,(H,23,26). The van der Waals surface area contributed by atoms with Gasteiger partial charge in [0.05, 0.1) is 29.0 Å². The number of amides is 1. The number of aryl methyl sites for hydroxylation is 1. The highest BCUT2D eigenvalue weighted by atomic mass is 35.5. The molecule has 0 saturated carbocycles. The van der Waals surface area contributed by atoms with Crippen LogP contribution in [-0.2, 0) is 24.9 Å². The lowest BCUT2D eigenvalue weighted by Crippen LogP contribution is -2.24. The molecular weight excluding hydrogens is 392 g/mol. The van der Waals surface area contributed by atoms with Crippen molar-refractivity contribution in [3.8, 4) is 5.75 Å². The van der Waals surface area contributed by atoms with Crippen molar-refractivity contribution >= 4 is 28.5 Å². The Morgan fingerprint density at radius 1 is 1.32 bits per heavy atom. The molecule has 1 amide bonds. The number of hydrogen-bond acceptors (Lipinski definition) is 4. The molecule has 1 aromatic heterocycles. The molecule has 6 nitrogen and oxygen atoms in total. The van der Waals surface area contributed by atoms with Crippen LogP contribution in [0.15, 0.2) is 36.7 Å². The summed E-state index contributed by atoms with van der Waals surface area (Å²) in [5.74, 6) is -0.580. The number of halogens is 3. The van der Waals surface area contributed by atoms with Gasteiger partial charge >= 0.3 is 6.61 Å². The average Bonchev–Trinajstić information content (AvgIpc) is 3.03. The molecule has 0 aliphatic heterocycles. The van der Waals surface area contributed by atoms with E-state index in [-0.39, 0.29) is 22.9 Å². The molecule has 0 saturated heterocycles. The van der Waals surface area contributed by atoms with Crippen LogP contribution < -0.4 is 10.1 Å². The van der Waals surface area contributed by atoms with Crippen molar-refractivity contribution < 1.29 is 23.0 Å². The van der Waals surface area contributed by atoms with Gasteiger partial charge < -0.3 is 19.4 Å². The van der Waals surface area contributed by atoms with Gasteiger partial charge in [-0.05, 0) is 29.8 Å². The van der Waals surface area contributed by atoms with Crippen LogP contribution in [0.3, 0.4) is 0 Å². The fraction of sp³-hybridized carbons (Fsp3) is 0.263. The Hall–Kier alpha value is -2.71. The topological polar surface area (TPSA) is 65.4 Å². The number of carbonyl (C=O) groups excluding carboxylic acids is 1. The number of alkyl halides is 2. The zero-order chi connectivity index (χ0) is 20.3. The van der Waals surface area contributed by atoms with Gasteiger partial charge in [-0.1, -0.05) is 17.7 Å². The Bertz CT molecular complexity index is 1010. The van der Waals surface area contributed by atoms with Crippen molar-refractivity contribution in [1.82, 2.24) is 14.9 Å². The minimum atomic E-state index is -2.99. The second-order valence-electron chi connectivity index (χ2n) is 6.07. The third kappa shape index (κ3) is 4.23. The summed E-state index contributed by atoms with van der Waals surface area (Å²) in [7, 11) is 3.47. The fourth-order valence-electron chi connectivity index (χ4n) is 2.96. The zero-order valence-corrected chi connectivity index (χ0v) is 16.0. The van der Waals surface area contributed by atoms with E-state index in [1.807, 2.05) is 23.7 Å². The van der Waals surface area contributed by atoms with E-state index in [1.165, 1.54) is 18.2 Å². The van der Waals surface area contributed by atoms with Gasteiger partial charge in [0.1, 0.15) is 5.75 Å². The molecule has 148 valence electrons. The third-order valence-electron chi connectivity index (χ3n) is 4.22. The van der Waals surface area contributed by atoms with E-state index in [1.54, 1.807) is 13.4 Å². The van der Waals surface area contributed by atoms with Crippen LogP contribution >= 0.6 is 11.6 Å². The van der Waals surface area contributed by atoms with Gasteiger partial charge in [0.2, 0.25) is 0 Å². The van der Waals surface area contributed by atoms with Gasteiger partial charge in [0, 0.05) is 31.8 Å². The molecular formula is C19H18ClF2N3O3. The first kappa shape index (κ1) is 20.0. The second-order valence-corrected chi connectivity index (χ2v) is 6.47. The predicted molar refractivity (Wildman–Crippen MR) is 101 cm³/mol. The summed E-state index contributed by atoms with van der Waals surface area (Å²) in [6.45, 7) is -2.37. The van der Waals surface area contributed by atoms with Crippen LogP contribution in [-0.4, -0.2) is 29.2 Å². The number of imidazole rings is 1. The molecule has 0 atom stereocenters. The van der Waals surface area contributed by atoms with Crippen LogP contribution in [0.2, 0.25) is 5.02 Å². The molecule has 2 aromatic carbocycles. The molecule has 0 bridgehead atoms. The smallest absolute Gasteiger partial charge is 0.387 e. The number of methoxy groups -OCH3 is 1. The first-order valence-corrected chi connectivity index (χ1v) is 8.71. The Labute approximate surface area is 165 Å². The lowest BCUT2D eigenvalue weighted by Gasteiger charge is -2.13. The van der Waals surface area contributed by atoms with Gasteiger partial charge in [-0.15, -0.1) is 0 Å². The minimum absolute atomic E-state index is 0.0678. The Kier molecular flexibility index (Phi) is 6.11. The lowest BCUT2D eigenvalue weighted by atomic mass is 10.1. The van der Waals surface area contributed by atoms with Crippen molar-refractivity contribution in [2.75, 3.05) is 7.11 Å². The first-order chi connectivity index (χ1) is 13.4. The monoisotopic (exact) mass is 409 g/mol. The summed E-state index contributed by atoms with van der Waals surface area (Å²) < 4.78 is 36.1. The number of aromatic nitrogens is 2. The summed E-state index contributed by atoms with van der Waals surface area (Å²) in [6, 6.07) is 7.71. The molecule has 0 fully saturated rings. The number of ether oxygens (including phenoxy) is 2. The molecule has 1 N–H and O–H groups in total. The molecule has 0 spiro atoms. The number of nitrogens with zero attached hydrogens (tertiary/aromatic N) is 2. The highest BCUT2D eigenvalue weighted by molar-refractivity contribution is 6.32. The zero-order valence-electron chi connectivity index (χ0n) is 15.2. The Morgan fingerprint density at radius 2 is 2.11 bits per heavy atom. The van der Waals surface area contributed by atoms with Crippen molar-refractivity contribution in [2.45, 2.75) is 19.8 Å². The number of nitrogens with one attached hydrogen (secondary N) is 1. The van der Waals surface area contributed by atoms with Crippen molar-refractivity contribution in [3.63, 3.8) is 0 Å². The van der Waals surface area contributed by atoms with Crippen LogP contribution in [0, 0.1) is 0 Å². The third-order valence-corrected chi connectivity index (χ3v) is 4.51. The largest absolute Gasteiger partial charge is 0.433 e. The molecule has 1 heterocycles. The van der Waals surface area contributed by atoms with Gasteiger partial charge in [-0.3, -0.25) is 4.79 Å². The normalized spacial score (nSPS) is 11.2. The Balaban J connectivity index is 1.82. The van der Waals surface area contributed by atoms with E-state index in [9.17, 15) is 13.6 Å². The van der Waals surface area contributed by atoms with Gasteiger partial charge in [-0.2, -0.15) is 8.78 Å². The maximum atomic E-state index is 12.5. The quantitative estimate of drug-likeness (QED) is 0.642. The predicted octanol–water partition coefficient (Wildman–Crippen LogP) is 3.90. The number of fused-ring (bicyclic) bond motifs is 1. The van der Waals surface area contributed by atoms with E-state index in [2.05, 4.69) is 15.0 Å².